The number of amides is 4. The van der Waals surface area contributed by atoms with Crippen LogP contribution in [0.15, 0.2) is 0 Å². The number of carbonyl (C=O) groups is 5. The van der Waals surface area contributed by atoms with E-state index in [0.29, 0.717) is 19.4 Å². The minimum absolute atomic E-state index is 0.0253. The second kappa shape index (κ2) is 11.8. The summed E-state index contributed by atoms with van der Waals surface area (Å²) in [6.45, 7) is 4.89. The van der Waals surface area contributed by atoms with Crippen LogP contribution < -0.4 is 21.7 Å². The molecule has 4 amide bonds. The highest BCUT2D eigenvalue weighted by molar-refractivity contribution is 5.94. The second-order valence-electron chi connectivity index (χ2n) is 8.93. The minimum Gasteiger partial charge on any atom is -0.480 e. The molecule has 180 valence electrons. The number of hydrogen-bond acceptors (Lipinski definition) is 6. The van der Waals surface area contributed by atoms with E-state index >= 15 is 0 Å². The van der Waals surface area contributed by atoms with Gasteiger partial charge in [0.2, 0.25) is 23.6 Å². The SMILES string of the molecule is CC(C)CC(NC(=O)C(CCC(N)=O)NC(=O)C1CCCN1C(=O)C1CCCN1)C(=O)O. The molecule has 0 radical (unpaired) electrons. The summed E-state index contributed by atoms with van der Waals surface area (Å²) in [5, 5.41) is 17.6. The maximum Gasteiger partial charge on any atom is 0.326 e. The van der Waals surface area contributed by atoms with E-state index in [1.54, 1.807) is 4.90 Å². The minimum atomic E-state index is -1.18. The molecule has 6 N–H and O–H groups in total. The lowest BCUT2D eigenvalue weighted by Crippen LogP contribution is -2.56. The number of carboxylic acids is 1. The number of hydrogen-bond donors (Lipinski definition) is 5. The Morgan fingerprint density at radius 3 is 2.38 bits per heavy atom. The van der Waals surface area contributed by atoms with Crippen LogP contribution in [0.1, 0.15) is 58.8 Å². The molecule has 0 aromatic heterocycles. The van der Waals surface area contributed by atoms with Gasteiger partial charge in [-0.3, -0.25) is 19.2 Å². The second-order valence-corrected chi connectivity index (χ2v) is 8.93. The zero-order valence-corrected chi connectivity index (χ0v) is 18.8. The monoisotopic (exact) mass is 453 g/mol. The highest BCUT2D eigenvalue weighted by Gasteiger charge is 2.39. The molecule has 2 aliphatic heterocycles. The summed E-state index contributed by atoms with van der Waals surface area (Å²) in [6.07, 6.45) is 2.77. The standard InChI is InChI=1S/C21H35N5O6/c1-12(2)11-15(21(31)32)25-18(28)13(7-8-17(22)27)24-19(29)16-6-4-10-26(16)20(30)14-5-3-9-23-14/h12-16,23H,3-11H2,1-2H3,(H2,22,27)(H,24,29)(H,25,28)(H,31,32). The van der Waals surface area contributed by atoms with Crippen LogP contribution >= 0.6 is 0 Å². The van der Waals surface area contributed by atoms with Crippen LogP contribution in [0.2, 0.25) is 0 Å². The summed E-state index contributed by atoms with van der Waals surface area (Å²) in [4.78, 5) is 62.9. The van der Waals surface area contributed by atoms with Crippen molar-refractivity contribution in [3.8, 4) is 0 Å². The number of rotatable bonds is 11. The van der Waals surface area contributed by atoms with Gasteiger partial charge >= 0.3 is 5.97 Å². The van der Waals surface area contributed by atoms with E-state index in [-0.39, 0.29) is 37.1 Å². The number of primary amides is 1. The Balaban J connectivity index is 2.08. The number of carboxylic acid groups (broad SMARTS) is 1. The van der Waals surface area contributed by atoms with Crippen LogP contribution in [-0.2, 0) is 24.0 Å². The third kappa shape index (κ3) is 7.18. The first-order chi connectivity index (χ1) is 15.1. The summed E-state index contributed by atoms with van der Waals surface area (Å²) in [5.41, 5.74) is 5.20. The van der Waals surface area contributed by atoms with Crippen LogP contribution in [0.4, 0.5) is 0 Å². The Morgan fingerprint density at radius 1 is 1.09 bits per heavy atom. The van der Waals surface area contributed by atoms with Crippen LogP contribution in [0.3, 0.4) is 0 Å². The van der Waals surface area contributed by atoms with Crippen LogP contribution in [-0.4, -0.2) is 76.9 Å². The average Bonchev–Trinajstić information content (AvgIpc) is 3.41. The Kier molecular flexibility index (Phi) is 9.42. The Bertz CT molecular complexity index is 721. The number of nitrogens with two attached hydrogens (primary N) is 1. The summed E-state index contributed by atoms with van der Waals surface area (Å²) in [5.74, 6) is -3.10. The molecule has 0 aromatic carbocycles. The fraction of sp³-hybridized carbons (Fsp3) is 0.762. The molecule has 0 aromatic rings. The Morgan fingerprint density at radius 2 is 1.81 bits per heavy atom. The first kappa shape index (κ1) is 25.6. The lowest BCUT2D eigenvalue weighted by atomic mass is 10.0. The maximum absolute atomic E-state index is 13.0. The van der Waals surface area contributed by atoms with Crippen molar-refractivity contribution in [1.82, 2.24) is 20.9 Å². The summed E-state index contributed by atoms with van der Waals surface area (Å²) in [7, 11) is 0. The van der Waals surface area contributed by atoms with Crippen molar-refractivity contribution >= 4 is 29.6 Å². The first-order valence-electron chi connectivity index (χ1n) is 11.3. The van der Waals surface area contributed by atoms with E-state index in [2.05, 4.69) is 16.0 Å². The topological polar surface area (TPSA) is 171 Å². The van der Waals surface area contributed by atoms with Crippen molar-refractivity contribution in [3.05, 3.63) is 0 Å². The molecule has 11 heteroatoms. The summed E-state index contributed by atoms with van der Waals surface area (Å²) in [6, 6.07) is -3.26. The number of aliphatic carboxylic acids is 1. The zero-order chi connectivity index (χ0) is 23.8. The molecule has 0 saturated carbocycles. The first-order valence-corrected chi connectivity index (χ1v) is 11.3. The van der Waals surface area contributed by atoms with Gasteiger partial charge in [-0.15, -0.1) is 0 Å². The Hall–Kier alpha value is -2.69. The molecule has 2 heterocycles. The molecule has 0 aliphatic carbocycles. The van der Waals surface area contributed by atoms with Crippen LogP contribution in [0.5, 0.6) is 0 Å². The fourth-order valence-corrected chi connectivity index (χ4v) is 4.19. The van der Waals surface area contributed by atoms with E-state index in [1.165, 1.54) is 0 Å². The van der Waals surface area contributed by atoms with Crippen molar-refractivity contribution in [1.29, 1.82) is 0 Å². The van der Waals surface area contributed by atoms with Crippen molar-refractivity contribution in [3.63, 3.8) is 0 Å². The van der Waals surface area contributed by atoms with Gasteiger partial charge in [0.1, 0.15) is 18.1 Å². The molecular formula is C21H35N5O6. The van der Waals surface area contributed by atoms with Crippen LogP contribution in [0.25, 0.3) is 0 Å². The van der Waals surface area contributed by atoms with Gasteiger partial charge < -0.3 is 31.7 Å². The molecular weight excluding hydrogens is 418 g/mol. The molecule has 0 spiro atoms. The summed E-state index contributed by atoms with van der Waals surface area (Å²) < 4.78 is 0. The molecule has 11 nitrogen and oxygen atoms in total. The highest BCUT2D eigenvalue weighted by atomic mass is 16.4. The normalized spacial score (nSPS) is 22.4. The molecule has 2 aliphatic rings. The van der Waals surface area contributed by atoms with E-state index in [4.69, 9.17) is 5.73 Å². The number of likely N-dealkylation sites (tertiary alicyclic amines) is 1. The van der Waals surface area contributed by atoms with Gasteiger partial charge in [-0.1, -0.05) is 13.8 Å². The van der Waals surface area contributed by atoms with Crippen molar-refractivity contribution < 1.29 is 29.1 Å². The van der Waals surface area contributed by atoms with Crippen molar-refractivity contribution in [2.45, 2.75) is 83.0 Å². The zero-order valence-electron chi connectivity index (χ0n) is 18.8. The van der Waals surface area contributed by atoms with Crippen molar-refractivity contribution in [2.24, 2.45) is 11.7 Å². The number of nitrogens with one attached hydrogen (secondary N) is 3. The molecule has 32 heavy (non-hydrogen) atoms. The van der Waals surface area contributed by atoms with Gasteiger partial charge in [0.25, 0.3) is 0 Å². The van der Waals surface area contributed by atoms with Crippen LogP contribution in [0, 0.1) is 5.92 Å². The van der Waals surface area contributed by atoms with Gasteiger partial charge in [-0.05, 0) is 51.0 Å². The number of carbonyl (C=O) groups excluding carboxylic acids is 4. The van der Waals surface area contributed by atoms with E-state index in [9.17, 15) is 29.1 Å². The fourth-order valence-electron chi connectivity index (χ4n) is 4.19. The lowest BCUT2D eigenvalue weighted by Gasteiger charge is -2.28. The highest BCUT2D eigenvalue weighted by Crippen LogP contribution is 2.21. The largest absolute Gasteiger partial charge is 0.480 e. The lowest BCUT2D eigenvalue weighted by molar-refractivity contribution is -0.143. The van der Waals surface area contributed by atoms with E-state index < -0.39 is 41.8 Å². The predicted molar refractivity (Wildman–Crippen MR) is 115 cm³/mol. The van der Waals surface area contributed by atoms with E-state index in [0.717, 1.165) is 19.4 Å². The molecule has 0 bridgehead atoms. The molecule has 4 atom stereocenters. The maximum atomic E-state index is 13.0. The van der Waals surface area contributed by atoms with Gasteiger partial charge in [-0.2, -0.15) is 0 Å². The van der Waals surface area contributed by atoms with Gasteiger partial charge in [0, 0.05) is 13.0 Å². The van der Waals surface area contributed by atoms with Gasteiger partial charge in [0.15, 0.2) is 0 Å². The molecule has 2 fully saturated rings. The third-order valence-corrected chi connectivity index (χ3v) is 5.83. The number of nitrogens with zero attached hydrogens (tertiary/aromatic N) is 1. The Labute approximate surface area is 187 Å². The molecule has 2 rings (SSSR count). The van der Waals surface area contributed by atoms with E-state index in [1.807, 2.05) is 13.8 Å². The smallest absolute Gasteiger partial charge is 0.326 e. The third-order valence-electron chi connectivity index (χ3n) is 5.83. The summed E-state index contributed by atoms with van der Waals surface area (Å²) >= 11 is 0. The molecule has 2 saturated heterocycles. The van der Waals surface area contributed by atoms with Gasteiger partial charge in [0.05, 0.1) is 6.04 Å². The van der Waals surface area contributed by atoms with Crippen molar-refractivity contribution in [2.75, 3.05) is 13.1 Å². The quantitative estimate of drug-likeness (QED) is 0.270. The molecule has 4 unspecified atom stereocenters. The van der Waals surface area contributed by atoms with Gasteiger partial charge in [-0.25, -0.2) is 4.79 Å². The average molecular weight is 454 g/mol. The predicted octanol–water partition coefficient (Wildman–Crippen LogP) is -0.905.